The van der Waals surface area contributed by atoms with Crippen molar-refractivity contribution in [3.8, 4) is 11.8 Å². The van der Waals surface area contributed by atoms with Crippen LogP contribution in [0.2, 0.25) is 0 Å². The van der Waals surface area contributed by atoms with E-state index in [4.69, 9.17) is 25.9 Å². The third-order valence-electron chi connectivity index (χ3n) is 1.83. The second-order valence-electron chi connectivity index (χ2n) is 3.14. The van der Waals surface area contributed by atoms with Gasteiger partial charge in [0.2, 0.25) is 0 Å². The normalized spacial score (nSPS) is 11.9. The Labute approximate surface area is 107 Å². The number of aliphatic hydroxyl groups excluding tert-OH is 2. The molecule has 1 rings (SSSR count). The van der Waals surface area contributed by atoms with Gasteiger partial charge in [-0.25, -0.2) is 0 Å². The first-order chi connectivity index (χ1) is 7.58. The Hall–Kier alpha value is -1.04. The van der Waals surface area contributed by atoms with Crippen molar-refractivity contribution in [2.75, 3.05) is 18.9 Å². The molecule has 1 aromatic carbocycles. The van der Waals surface area contributed by atoms with Gasteiger partial charge < -0.3 is 20.7 Å². The lowest BCUT2D eigenvalue weighted by Crippen LogP contribution is -2.21. The van der Waals surface area contributed by atoms with Crippen molar-refractivity contribution >= 4 is 28.3 Å². The maximum atomic E-state index is 9.13. The minimum Gasteiger partial charge on any atom is -0.488 e. The lowest BCUT2D eigenvalue weighted by molar-refractivity contribution is 0.0536. The predicted molar refractivity (Wildman–Crippen MR) is 66.9 cm³/mol. The molecule has 1 atom stereocenters. The molecule has 0 amide bonds. The summed E-state index contributed by atoms with van der Waals surface area (Å²) in [5.74, 6) is 0.423. The molecule has 0 aliphatic heterocycles. The van der Waals surface area contributed by atoms with Gasteiger partial charge in [0.25, 0.3) is 0 Å². The Morgan fingerprint density at radius 3 is 2.75 bits per heavy atom. The van der Waals surface area contributed by atoms with Crippen LogP contribution in [0.25, 0.3) is 0 Å². The van der Waals surface area contributed by atoms with Crippen molar-refractivity contribution < 1.29 is 14.9 Å². The summed E-state index contributed by atoms with van der Waals surface area (Å²) in [5.41, 5.74) is 6.50. The van der Waals surface area contributed by atoms with Crippen LogP contribution in [0, 0.1) is 14.9 Å². The number of nitrogen functional groups attached to an aromatic ring is 1. The summed E-state index contributed by atoms with van der Waals surface area (Å²) < 4.78 is 5.96. The average molecular weight is 334 g/mol. The van der Waals surface area contributed by atoms with Gasteiger partial charge in [-0.05, 0) is 34.7 Å². The summed E-state index contributed by atoms with van der Waals surface area (Å²) in [6.45, 7) is -0.407. The van der Waals surface area contributed by atoms with Crippen LogP contribution in [0.3, 0.4) is 0 Å². The van der Waals surface area contributed by atoms with Crippen LogP contribution in [0.4, 0.5) is 5.69 Å². The molecular weight excluding hydrogens is 323 g/mol. The topological polar surface area (TPSA) is 99.5 Å². The van der Waals surface area contributed by atoms with E-state index in [1.165, 1.54) is 6.07 Å². The summed E-state index contributed by atoms with van der Waals surface area (Å²) in [6.07, 6.45) is -0.939. The Morgan fingerprint density at radius 2 is 2.25 bits per heavy atom. The van der Waals surface area contributed by atoms with Crippen LogP contribution in [-0.4, -0.2) is 29.5 Å². The standard InChI is InChI=1S/C10H11IN2O3/c11-8-1-6(3-12)2-9(13)10(8)16-5-7(15)4-14/h1-2,7,14-15H,4-5,13H2. The van der Waals surface area contributed by atoms with Gasteiger partial charge in [-0.15, -0.1) is 0 Å². The number of ether oxygens (including phenoxy) is 1. The fraction of sp³-hybridized carbons (Fsp3) is 0.300. The summed E-state index contributed by atoms with van der Waals surface area (Å²) in [7, 11) is 0. The van der Waals surface area contributed by atoms with Crippen molar-refractivity contribution in [2.45, 2.75) is 6.10 Å². The highest BCUT2D eigenvalue weighted by Crippen LogP contribution is 2.29. The molecule has 5 nitrogen and oxygen atoms in total. The van der Waals surface area contributed by atoms with Gasteiger partial charge in [0.1, 0.15) is 12.7 Å². The number of nitriles is 1. The van der Waals surface area contributed by atoms with E-state index >= 15 is 0 Å². The first kappa shape index (κ1) is 13.0. The second kappa shape index (κ2) is 5.89. The molecular formula is C10H11IN2O3. The number of halogens is 1. The van der Waals surface area contributed by atoms with Gasteiger partial charge in [0.05, 0.1) is 27.5 Å². The molecule has 0 saturated heterocycles. The minimum atomic E-state index is -0.939. The van der Waals surface area contributed by atoms with E-state index in [1.807, 2.05) is 28.7 Å². The number of nitrogens with zero attached hydrogens (tertiary/aromatic N) is 1. The predicted octanol–water partition coefficient (Wildman–Crippen LogP) is 0.477. The third-order valence-corrected chi connectivity index (χ3v) is 2.63. The van der Waals surface area contributed by atoms with Gasteiger partial charge in [-0.3, -0.25) is 0 Å². The number of hydrogen-bond acceptors (Lipinski definition) is 5. The van der Waals surface area contributed by atoms with Crippen LogP contribution in [-0.2, 0) is 0 Å². The average Bonchev–Trinajstić information content (AvgIpc) is 2.27. The van der Waals surface area contributed by atoms with E-state index in [9.17, 15) is 0 Å². The summed E-state index contributed by atoms with van der Waals surface area (Å²) in [4.78, 5) is 0. The molecule has 1 aromatic rings. The lowest BCUT2D eigenvalue weighted by Gasteiger charge is -2.13. The molecule has 86 valence electrons. The monoisotopic (exact) mass is 334 g/mol. The lowest BCUT2D eigenvalue weighted by atomic mass is 10.2. The van der Waals surface area contributed by atoms with Gasteiger partial charge in [-0.1, -0.05) is 0 Å². The Morgan fingerprint density at radius 1 is 1.56 bits per heavy atom. The van der Waals surface area contributed by atoms with Crippen molar-refractivity contribution in [2.24, 2.45) is 0 Å². The van der Waals surface area contributed by atoms with Crippen molar-refractivity contribution in [3.05, 3.63) is 21.3 Å². The fourth-order valence-electron chi connectivity index (χ4n) is 1.06. The fourth-order valence-corrected chi connectivity index (χ4v) is 1.87. The van der Waals surface area contributed by atoms with Gasteiger partial charge in [-0.2, -0.15) is 5.26 Å². The highest BCUT2D eigenvalue weighted by atomic mass is 127. The van der Waals surface area contributed by atoms with E-state index in [0.717, 1.165) is 0 Å². The maximum absolute atomic E-state index is 9.13. The number of rotatable bonds is 4. The molecule has 1 unspecified atom stereocenters. The number of anilines is 1. The number of hydrogen-bond donors (Lipinski definition) is 3. The number of benzene rings is 1. The molecule has 0 fully saturated rings. The number of aliphatic hydroxyl groups is 2. The molecule has 0 aliphatic rings. The van der Waals surface area contributed by atoms with Crippen LogP contribution in [0.15, 0.2) is 12.1 Å². The first-order valence-electron chi connectivity index (χ1n) is 4.49. The van der Waals surface area contributed by atoms with Crippen LogP contribution in [0.5, 0.6) is 5.75 Å². The zero-order valence-electron chi connectivity index (χ0n) is 8.35. The minimum absolute atomic E-state index is 0.0391. The van der Waals surface area contributed by atoms with Gasteiger partial charge >= 0.3 is 0 Å². The molecule has 4 N–H and O–H groups in total. The van der Waals surface area contributed by atoms with E-state index in [1.54, 1.807) is 6.07 Å². The third kappa shape index (κ3) is 3.23. The summed E-state index contributed by atoms with van der Waals surface area (Å²) >= 11 is 1.99. The quantitative estimate of drug-likeness (QED) is 0.549. The van der Waals surface area contributed by atoms with E-state index in [-0.39, 0.29) is 13.2 Å². The van der Waals surface area contributed by atoms with E-state index in [0.29, 0.717) is 20.6 Å². The molecule has 0 spiro atoms. The van der Waals surface area contributed by atoms with Crippen molar-refractivity contribution in [1.82, 2.24) is 0 Å². The number of nitrogens with two attached hydrogens (primary N) is 1. The molecule has 0 radical (unpaired) electrons. The first-order valence-corrected chi connectivity index (χ1v) is 5.57. The molecule has 16 heavy (non-hydrogen) atoms. The Kier molecular flexibility index (Phi) is 4.79. The zero-order valence-corrected chi connectivity index (χ0v) is 10.5. The van der Waals surface area contributed by atoms with Gasteiger partial charge in [0.15, 0.2) is 5.75 Å². The van der Waals surface area contributed by atoms with E-state index < -0.39 is 6.10 Å². The zero-order chi connectivity index (χ0) is 12.1. The van der Waals surface area contributed by atoms with E-state index in [2.05, 4.69) is 0 Å². The highest BCUT2D eigenvalue weighted by molar-refractivity contribution is 14.1. The molecule has 0 aliphatic carbocycles. The SMILES string of the molecule is N#Cc1cc(N)c(OCC(O)CO)c(I)c1. The molecule has 0 aromatic heterocycles. The Bertz CT molecular complexity index is 394. The molecule has 6 heteroatoms. The van der Waals surface area contributed by atoms with Crippen molar-refractivity contribution in [3.63, 3.8) is 0 Å². The van der Waals surface area contributed by atoms with Crippen LogP contribution in [0.1, 0.15) is 5.56 Å². The van der Waals surface area contributed by atoms with Crippen molar-refractivity contribution in [1.29, 1.82) is 5.26 Å². The van der Waals surface area contributed by atoms with Gasteiger partial charge in [0, 0.05) is 0 Å². The van der Waals surface area contributed by atoms with Crippen LogP contribution < -0.4 is 10.5 Å². The van der Waals surface area contributed by atoms with Crippen LogP contribution >= 0.6 is 22.6 Å². The highest BCUT2D eigenvalue weighted by Gasteiger charge is 2.10. The Balaban J connectivity index is 2.85. The molecule has 0 saturated carbocycles. The second-order valence-corrected chi connectivity index (χ2v) is 4.30. The maximum Gasteiger partial charge on any atom is 0.155 e. The molecule has 0 heterocycles. The summed E-state index contributed by atoms with van der Waals surface area (Å²) in [5, 5.41) is 26.5. The summed E-state index contributed by atoms with van der Waals surface area (Å²) in [6, 6.07) is 5.12. The smallest absolute Gasteiger partial charge is 0.155 e. The molecule has 0 bridgehead atoms. The largest absolute Gasteiger partial charge is 0.488 e.